The molecule has 28 heavy (non-hydrogen) atoms. The Bertz CT molecular complexity index is 904. The number of likely N-dealkylation sites (tertiary alicyclic amines) is 1. The molecule has 10 heteroatoms. The zero-order valence-electron chi connectivity index (χ0n) is 14.8. The van der Waals surface area contributed by atoms with Gasteiger partial charge in [-0.05, 0) is 17.7 Å². The number of carbonyl (C=O) groups is 1. The molecule has 8 nitrogen and oxygen atoms in total. The lowest BCUT2D eigenvalue weighted by atomic mass is 10.0. The van der Waals surface area contributed by atoms with Crippen LogP contribution in [0.2, 0.25) is 0 Å². The molecule has 2 aromatic rings. The molecule has 0 spiro atoms. The van der Waals surface area contributed by atoms with Gasteiger partial charge in [0.2, 0.25) is 11.8 Å². The minimum atomic E-state index is -0.687. The molecule has 1 fully saturated rings. The highest BCUT2D eigenvalue weighted by Crippen LogP contribution is 2.31. The third-order valence-corrected chi connectivity index (χ3v) is 4.65. The van der Waals surface area contributed by atoms with E-state index in [0.29, 0.717) is 37.4 Å². The van der Waals surface area contributed by atoms with Crippen LogP contribution >= 0.6 is 0 Å². The van der Waals surface area contributed by atoms with Crippen molar-refractivity contribution in [3.8, 4) is 5.88 Å². The minimum Gasteiger partial charge on any atom is -0.472 e. The Labute approximate surface area is 159 Å². The molecule has 1 aromatic heterocycles. The second kappa shape index (κ2) is 7.37. The van der Waals surface area contributed by atoms with Crippen molar-refractivity contribution >= 4 is 18.2 Å². The van der Waals surface area contributed by atoms with E-state index in [9.17, 15) is 13.6 Å². The fraction of sp³-hybridized carbons (Fsp3) is 0.333. The number of nitrogen functional groups attached to an aromatic ring is 1. The number of ether oxygens (including phenoxy) is 1. The number of aromatic nitrogens is 2. The van der Waals surface area contributed by atoms with Crippen LogP contribution in [-0.4, -0.2) is 51.3 Å². The fourth-order valence-corrected chi connectivity index (χ4v) is 3.38. The van der Waals surface area contributed by atoms with Gasteiger partial charge >= 0.3 is 6.03 Å². The second-order valence-electron chi connectivity index (χ2n) is 6.61. The molecule has 2 aliphatic heterocycles. The minimum absolute atomic E-state index is 0.111. The van der Waals surface area contributed by atoms with Gasteiger partial charge in [0.25, 0.3) is 0 Å². The predicted octanol–water partition coefficient (Wildman–Crippen LogP) is 2.34. The van der Waals surface area contributed by atoms with E-state index in [1.54, 1.807) is 17.2 Å². The fourth-order valence-electron chi connectivity index (χ4n) is 3.38. The molecular formula is C18H18F2N6O2. The number of halogens is 2. The molecule has 0 bridgehead atoms. The van der Waals surface area contributed by atoms with Crippen molar-refractivity contribution in [3.63, 3.8) is 0 Å². The molecule has 1 saturated heterocycles. The van der Waals surface area contributed by atoms with Gasteiger partial charge in [-0.2, -0.15) is 10.1 Å². The Balaban J connectivity index is 1.43. The summed E-state index contributed by atoms with van der Waals surface area (Å²) in [5.74, 6) is -0.916. The van der Waals surface area contributed by atoms with Crippen molar-refractivity contribution in [3.05, 3.63) is 47.7 Å². The zero-order chi connectivity index (χ0) is 19.7. The highest BCUT2D eigenvalue weighted by atomic mass is 19.1. The third kappa shape index (κ3) is 3.71. The average molecular weight is 388 g/mol. The molecule has 0 radical (unpaired) electrons. The molecule has 2 atom stereocenters. The number of benzene rings is 1. The number of hydrazone groups is 1. The van der Waals surface area contributed by atoms with E-state index >= 15 is 0 Å². The number of hydrogen-bond acceptors (Lipinski definition) is 6. The molecule has 0 saturated carbocycles. The molecule has 146 valence electrons. The first-order valence-electron chi connectivity index (χ1n) is 8.81. The summed E-state index contributed by atoms with van der Waals surface area (Å²) in [5.41, 5.74) is 5.91. The highest BCUT2D eigenvalue weighted by molar-refractivity contribution is 5.78. The summed E-state index contributed by atoms with van der Waals surface area (Å²) in [6, 6.07) is 3.96. The number of carbonyl (C=O) groups excluding carboxylic acids is 1. The van der Waals surface area contributed by atoms with Gasteiger partial charge < -0.3 is 15.4 Å². The average Bonchev–Trinajstić information content (AvgIpc) is 3.30. The van der Waals surface area contributed by atoms with Crippen molar-refractivity contribution in [1.29, 1.82) is 0 Å². The van der Waals surface area contributed by atoms with E-state index in [2.05, 4.69) is 15.1 Å². The number of nitrogens with two attached hydrogens (primary N) is 1. The van der Waals surface area contributed by atoms with E-state index in [-0.39, 0.29) is 18.1 Å². The highest BCUT2D eigenvalue weighted by Gasteiger charge is 2.36. The number of nitrogens with zero attached hydrogens (tertiary/aromatic N) is 5. The van der Waals surface area contributed by atoms with Crippen LogP contribution in [-0.2, 0) is 0 Å². The largest absolute Gasteiger partial charge is 0.472 e. The zero-order valence-corrected chi connectivity index (χ0v) is 14.8. The molecule has 2 amide bonds. The van der Waals surface area contributed by atoms with Gasteiger partial charge in [-0.1, -0.05) is 0 Å². The smallest absolute Gasteiger partial charge is 0.341 e. The van der Waals surface area contributed by atoms with E-state index in [1.165, 1.54) is 23.3 Å². The van der Waals surface area contributed by atoms with E-state index in [0.717, 1.165) is 6.07 Å². The Morgan fingerprint density at radius 1 is 1.25 bits per heavy atom. The molecular weight excluding hydrogens is 370 g/mol. The summed E-state index contributed by atoms with van der Waals surface area (Å²) in [7, 11) is 0. The normalized spacial score (nSPS) is 21.4. The van der Waals surface area contributed by atoms with Gasteiger partial charge in [0.05, 0.1) is 12.6 Å². The van der Waals surface area contributed by atoms with Crippen LogP contribution in [0.1, 0.15) is 24.4 Å². The van der Waals surface area contributed by atoms with Gasteiger partial charge in [0, 0.05) is 43.9 Å². The maximum atomic E-state index is 13.6. The quantitative estimate of drug-likeness (QED) is 0.871. The second-order valence-corrected chi connectivity index (χ2v) is 6.61. The SMILES string of the molecule is Nc1nccc(O[C@@H]2CCN(C(=O)N3N=CC[C@H]3c3cc(F)cc(F)c3)C2)n1. The van der Waals surface area contributed by atoms with Crippen molar-refractivity contribution < 1.29 is 18.3 Å². The lowest BCUT2D eigenvalue weighted by Crippen LogP contribution is -2.40. The summed E-state index contributed by atoms with van der Waals surface area (Å²) < 4.78 is 32.9. The van der Waals surface area contributed by atoms with Crippen LogP contribution in [0.5, 0.6) is 5.88 Å². The number of hydrogen-bond donors (Lipinski definition) is 1. The summed E-state index contributed by atoms with van der Waals surface area (Å²) in [4.78, 5) is 22.3. The standard InChI is InChI=1S/C18H18F2N6O2/c19-12-7-11(8-13(20)9-12)15-1-5-23-26(15)18(27)25-6-3-14(10-25)28-16-2-4-22-17(21)24-16/h2,4-5,7-9,14-15H,1,3,6,10H2,(H2,21,22,24)/t14-,15+/m1/s1. The Kier molecular flexibility index (Phi) is 4.76. The van der Waals surface area contributed by atoms with Crippen molar-refractivity contribution in [1.82, 2.24) is 19.9 Å². The topological polar surface area (TPSA) is 96.9 Å². The van der Waals surface area contributed by atoms with Crippen LogP contribution in [0.3, 0.4) is 0 Å². The van der Waals surface area contributed by atoms with E-state index < -0.39 is 17.7 Å². The maximum absolute atomic E-state index is 13.6. The number of urea groups is 1. The predicted molar refractivity (Wildman–Crippen MR) is 96.5 cm³/mol. The lowest BCUT2D eigenvalue weighted by molar-refractivity contribution is 0.141. The number of anilines is 1. The van der Waals surface area contributed by atoms with Gasteiger partial charge in [0.1, 0.15) is 17.7 Å². The first-order valence-corrected chi connectivity index (χ1v) is 8.81. The maximum Gasteiger partial charge on any atom is 0.341 e. The van der Waals surface area contributed by atoms with E-state index in [1.807, 2.05) is 0 Å². The molecule has 3 heterocycles. The molecule has 0 unspecified atom stereocenters. The molecule has 2 aliphatic rings. The first kappa shape index (κ1) is 18.1. The van der Waals surface area contributed by atoms with Crippen molar-refractivity contribution in [2.45, 2.75) is 25.0 Å². The third-order valence-electron chi connectivity index (χ3n) is 4.65. The van der Waals surface area contributed by atoms with Crippen molar-refractivity contribution in [2.75, 3.05) is 18.8 Å². The monoisotopic (exact) mass is 388 g/mol. The number of amides is 2. The van der Waals surface area contributed by atoms with Gasteiger partial charge in [0.15, 0.2) is 0 Å². The van der Waals surface area contributed by atoms with Crippen molar-refractivity contribution in [2.24, 2.45) is 5.10 Å². The van der Waals surface area contributed by atoms with Gasteiger partial charge in [-0.15, -0.1) is 0 Å². The Morgan fingerprint density at radius 2 is 2.04 bits per heavy atom. The van der Waals surface area contributed by atoms with Crippen LogP contribution < -0.4 is 10.5 Å². The number of rotatable bonds is 3. The van der Waals surface area contributed by atoms with Gasteiger partial charge in [-0.3, -0.25) is 0 Å². The van der Waals surface area contributed by atoms with Gasteiger partial charge in [-0.25, -0.2) is 23.6 Å². The van der Waals surface area contributed by atoms with Crippen LogP contribution in [0.4, 0.5) is 19.5 Å². The molecule has 1 aromatic carbocycles. The Morgan fingerprint density at radius 3 is 2.79 bits per heavy atom. The molecule has 4 rings (SSSR count). The summed E-state index contributed by atoms with van der Waals surface area (Å²) in [6.07, 6.45) is 3.83. The molecule has 0 aliphatic carbocycles. The van der Waals surface area contributed by atoms with Crippen LogP contribution in [0, 0.1) is 11.6 Å². The first-order chi connectivity index (χ1) is 13.5. The summed E-state index contributed by atoms with van der Waals surface area (Å²) >= 11 is 0. The molecule has 2 N–H and O–H groups in total. The van der Waals surface area contributed by atoms with Crippen LogP contribution in [0.15, 0.2) is 35.6 Å². The Hall–Kier alpha value is -3.30. The summed E-state index contributed by atoms with van der Waals surface area (Å²) in [6.45, 7) is 0.819. The summed E-state index contributed by atoms with van der Waals surface area (Å²) in [5, 5.41) is 5.38. The van der Waals surface area contributed by atoms with E-state index in [4.69, 9.17) is 10.5 Å². The lowest BCUT2D eigenvalue weighted by Gasteiger charge is -2.27. The van der Waals surface area contributed by atoms with Crippen LogP contribution in [0.25, 0.3) is 0 Å².